The molecule has 2 aliphatic rings. The summed E-state index contributed by atoms with van der Waals surface area (Å²) in [6.07, 6.45) is 3.27. The SMILES string of the molecule is CCN1CCC(N(C)CC(O)C2CCOC2)CC1. The minimum atomic E-state index is -0.221. The smallest absolute Gasteiger partial charge is 0.0718 e. The molecule has 0 aliphatic carbocycles. The Morgan fingerprint density at radius 1 is 1.33 bits per heavy atom. The molecule has 18 heavy (non-hydrogen) atoms. The Morgan fingerprint density at radius 3 is 2.61 bits per heavy atom. The molecular weight excluding hydrogens is 228 g/mol. The molecule has 0 aromatic carbocycles. The first kappa shape index (κ1) is 14.3. The molecule has 1 N–H and O–H groups in total. The molecule has 0 saturated carbocycles. The fourth-order valence-corrected chi connectivity index (χ4v) is 3.13. The summed E-state index contributed by atoms with van der Waals surface area (Å²) < 4.78 is 5.35. The summed E-state index contributed by atoms with van der Waals surface area (Å²) in [6.45, 7) is 8.16. The Hall–Kier alpha value is -0.160. The highest BCUT2D eigenvalue weighted by molar-refractivity contribution is 4.81. The zero-order chi connectivity index (χ0) is 13.0. The van der Waals surface area contributed by atoms with Crippen LogP contribution in [-0.4, -0.2) is 73.5 Å². The van der Waals surface area contributed by atoms with Crippen LogP contribution in [0.15, 0.2) is 0 Å². The second kappa shape index (κ2) is 6.85. The Balaban J connectivity index is 1.72. The molecule has 0 bridgehead atoms. The first-order chi connectivity index (χ1) is 8.70. The minimum Gasteiger partial charge on any atom is -0.391 e. The van der Waals surface area contributed by atoms with Gasteiger partial charge in [0.25, 0.3) is 0 Å². The normalized spacial score (nSPS) is 29.0. The monoisotopic (exact) mass is 256 g/mol. The minimum absolute atomic E-state index is 0.221. The van der Waals surface area contributed by atoms with Gasteiger partial charge in [0, 0.05) is 25.1 Å². The van der Waals surface area contributed by atoms with E-state index in [-0.39, 0.29) is 6.10 Å². The fraction of sp³-hybridized carbons (Fsp3) is 1.00. The van der Waals surface area contributed by atoms with Crippen LogP contribution in [0.25, 0.3) is 0 Å². The second-order valence-electron chi connectivity index (χ2n) is 5.80. The van der Waals surface area contributed by atoms with E-state index in [2.05, 4.69) is 23.8 Å². The third-order valence-corrected chi connectivity index (χ3v) is 4.61. The molecule has 0 aromatic heterocycles. The van der Waals surface area contributed by atoms with Gasteiger partial charge >= 0.3 is 0 Å². The van der Waals surface area contributed by atoms with Crippen molar-refractivity contribution in [1.29, 1.82) is 0 Å². The maximum absolute atomic E-state index is 10.2. The number of aliphatic hydroxyl groups is 1. The van der Waals surface area contributed by atoms with Crippen molar-refractivity contribution >= 4 is 0 Å². The molecule has 2 rings (SSSR count). The number of rotatable bonds is 5. The van der Waals surface area contributed by atoms with Gasteiger partial charge in [-0.1, -0.05) is 6.92 Å². The van der Waals surface area contributed by atoms with Crippen LogP contribution in [0.1, 0.15) is 26.2 Å². The number of hydrogen-bond acceptors (Lipinski definition) is 4. The van der Waals surface area contributed by atoms with Crippen LogP contribution in [0, 0.1) is 5.92 Å². The van der Waals surface area contributed by atoms with Crippen LogP contribution in [0.2, 0.25) is 0 Å². The molecule has 0 aromatic rings. The topological polar surface area (TPSA) is 35.9 Å². The van der Waals surface area contributed by atoms with Gasteiger partial charge in [0.15, 0.2) is 0 Å². The predicted molar refractivity (Wildman–Crippen MR) is 72.7 cm³/mol. The molecule has 0 spiro atoms. The van der Waals surface area contributed by atoms with E-state index in [1.54, 1.807) is 0 Å². The molecule has 2 aliphatic heterocycles. The van der Waals surface area contributed by atoms with Gasteiger partial charge in [-0.2, -0.15) is 0 Å². The molecule has 4 heteroatoms. The summed E-state index contributed by atoms with van der Waals surface area (Å²) in [4.78, 5) is 4.86. The van der Waals surface area contributed by atoms with Crippen LogP contribution in [0.4, 0.5) is 0 Å². The Labute approximate surface area is 111 Å². The standard InChI is InChI=1S/C14H28N2O2/c1-3-16-7-4-13(5-8-16)15(2)10-14(17)12-6-9-18-11-12/h12-14,17H,3-11H2,1-2H3. The average molecular weight is 256 g/mol. The largest absolute Gasteiger partial charge is 0.391 e. The molecule has 0 amide bonds. The van der Waals surface area contributed by atoms with Crippen LogP contribution >= 0.6 is 0 Å². The number of hydrogen-bond donors (Lipinski definition) is 1. The molecule has 4 nitrogen and oxygen atoms in total. The summed E-state index contributed by atoms with van der Waals surface area (Å²) in [5, 5.41) is 10.2. The molecule has 0 radical (unpaired) electrons. The highest BCUT2D eigenvalue weighted by atomic mass is 16.5. The van der Waals surface area contributed by atoms with Crippen molar-refractivity contribution in [3.05, 3.63) is 0 Å². The van der Waals surface area contributed by atoms with Gasteiger partial charge in [0.1, 0.15) is 0 Å². The maximum Gasteiger partial charge on any atom is 0.0718 e. The van der Waals surface area contributed by atoms with Gasteiger partial charge in [0.2, 0.25) is 0 Å². The zero-order valence-corrected chi connectivity index (χ0v) is 11.8. The van der Waals surface area contributed by atoms with Crippen LogP contribution < -0.4 is 0 Å². The molecule has 2 saturated heterocycles. The lowest BCUT2D eigenvalue weighted by molar-refractivity contribution is 0.0380. The van der Waals surface area contributed by atoms with Crippen molar-refractivity contribution in [3.8, 4) is 0 Å². The van der Waals surface area contributed by atoms with E-state index >= 15 is 0 Å². The fourth-order valence-electron chi connectivity index (χ4n) is 3.13. The van der Waals surface area contributed by atoms with E-state index in [0.29, 0.717) is 12.0 Å². The van der Waals surface area contributed by atoms with Crippen molar-refractivity contribution in [2.75, 3.05) is 46.4 Å². The van der Waals surface area contributed by atoms with Gasteiger partial charge in [-0.05, 0) is 45.9 Å². The number of nitrogens with zero attached hydrogens (tertiary/aromatic N) is 2. The molecule has 2 atom stereocenters. The van der Waals surface area contributed by atoms with E-state index in [1.165, 1.54) is 32.5 Å². The number of ether oxygens (including phenoxy) is 1. The van der Waals surface area contributed by atoms with Crippen LogP contribution in [-0.2, 0) is 4.74 Å². The van der Waals surface area contributed by atoms with E-state index in [4.69, 9.17) is 4.74 Å². The third kappa shape index (κ3) is 3.67. The maximum atomic E-state index is 10.2. The van der Waals surface area contributed by atoms with Crippen molar-refractivity contribution in [2.24, 2.45) is 5.92 Å². The van der Waals surface area contributed by atoms with Gasteiger partial charge < -0.3 is 19.6 Å². The summed E-state index contributed by atoms with van der Waals surface area (Å²) in [5.41, 5.74) is 0. The molecule has 2 fully saturated rings. The van der Waals surface area contributed by atoms with Crippen molar-refractivity contribution < 1.29 is 9.84 Å². The molecule has 2 heterocycles. The van der Waals surface area contributed by atoms with E-state index < -0.39 is 0 Å². The predicted octanol–water partition coefficient (Wildman–Crippen LogP) is 0.800. The Bertz CT molecular complexity index is 236. The first-order valence-corrected chi connectivity index (χ1v) is 7.39. The van der Waals surface area contributed by atoms with Gasteiger partial charge in [-0.15, -0.1) is 0 Å². The summed E-state index contributed by atoms with van der Waals surface area (Å²) in [6, 6.07) is 0.643. The lowest BCUT2D eigenvalue weighted by atomic mass is 9.99. The second-order valence-corrected chi connectivity index (χ2v) is 5.80. The van der Waals surface area contributed by atoms with E-state index in [9.17, 15) is 5.11 Å². The van der Waals surface area contributed by atoms with Gasteiger partial charge in [-0.3, -0.25) is 0 Å². The summed E-state index contributed by atoms with van der Waals surface area (Å²) in [7, 11) is 2.16. The molecular formula is C14H28N2O2. The third-order valence-electron chi connectivity index (χ3n) is 4.61. The summed E-state index contributed by atoms with van der Waals surface area (Å²) >= 11 is 0. The van der Waals surface area contributed by atoms with E-state index in [0.717, 1.165) is 26.2 Å². The molecule has 106 valence electrons. The van der Waals surface area contributed by atoms with E-state index in [1.807, 2.05) is 0 Å². The highest BCUT2D eigenvalue weighted by Crippen LogP contribution is 2.20. The van der Waals surface area contributed by atoms with Gasteiger partial charge in [0.05, 0.1) is 12.7 Å². The van der Waals surface area contributed by atoms with Gasteiger partial charge in [-0.25, -0.2) is 0 Å². The quantitative estimate of drug-likeness (QED) is 0.789. The summed E-state index contributed by atoms with van der Waals surface area (Å²) in [5.74, 6) is 0.350. The first-order valence-electron chi connectivity index (χ1n) is 7.39. The van der Waals surface area contributed by atoms with Crippen molar-refractivity contribution in [3.63, 3.8) is 0 Å². The Morgan fingerprint density at radius 2 is 2.06 bits per heavy atom. The zero-order valence-electron chi connectivity index (χ0n) is 11.8. The number of likely N-dealkylation sites (tertiary alicyclic amines) is 1. The van der Waals surface area contributed by atoms with Crippen LogP contribution in [0.3, 0.4) is 0 Å². The number of aliphatic hydroxyl groups excluding tert-OH is 1. The lowest BCUT2D eigenvalue weighted by Gasteiger charge is -2.37. The number of likely N-dealkylation sites (N-methyl/N-ethyl adjacent to an activating group) is 1. The van der Waals surface area contributed by atoms with Crippen molar-refractivity contribution in [1.82, 2.24) is 9.80 Å². The average Bonchev–Trinajstić information content (AvgIpc) is 2.92. The van der Waals surface area contributed by atoms with Crippen molar-refractivity contribution in [2.45, 2.75) is 38.3 Å². The Kier molecular flexibility index (Phi) is 5.42. The lowest BCUT2D eigenvalue weighted by Crippen LogP contribution is -2.46. The van der Waals surface area contributed by atoms with Crippen LogP contribution in [0.5, 0.6) is 0 Å². The highest BCUT2D eigenvalue weighted by Gasteiger charge is 2.28. The molecule has 2 unspecified atom stereocenters. The number of piperidine rings is 1.